The smallest absolute Gasteiger partial charge is 0.338 e. The molecule has 8 heteroatoms. The molecule has 0 saturated heterocycles. The van der Waals surface area contributed by atoms with E-state index in [0.29, 0.717) is 17.7 Å². The number of ether oxygens (including phenoxy) is 2. The molecule has 0 radical (unpaired) electrons. The van der Waals surface area contributed by atoms with Gasteiger partial charge in [0.05, 0.1) is 24.1 Å². The number of esters is 2. The number of para-hydroxylation sites is 1. The van der Waals surface area contributed by atoms with Crippen LogP contribution in [0.5, 0.6) is 0 Å². The molecule has 1 aromatic heterocycles. The molecule has 0 saturated carbocycles. The maximum absolute atomic E-state index is 12.5. The second-order valence-electron chi connectivity index (χ2n) is 7.59. The fourth-order valence-corrected chi connectivity index (χ4v) is 3.40. The normalized spacial score (nSPS) is 11.5. The molecule has 33 heavy (non-hydrogen) atoms. The van der Waals surface area contributed by atoms with Crippen molar-refractivity contribution in [2.75, 3.05) is 12.4 Å². The monoisotopic (exact) mass is 449 g/mol. The molecule has 1 amide bonds. The third-order valence-electron chi connectivity index (χ3n) is 5.29. The quantitative estimate of drug-likeness (QED) is 0.526. The van der Waals surface area contributed by atoms with Crippen LogP contribution in [0.25, 0.3) is 5.69 Å². The highest BCUT2D eigenvalue weighted by molar-refractivity contribution is 5.97. The number of nitrogens with zero attached hydrogens (tertiary/aromatic N) is 2. The molecule has 8 nitrogen and oxygen atoms in total. The van der Waals surface area contributed by atoms with Gasteiger partial charge in [-0.3, -0.25) is 9.59 Å². The van der Waals surface area contributed by atoms with Crippen LogP contribution in [0, 0.1) is 13.8 Å². The molecule has 2 aromatic carbocycles. The summed E-state index contributed by atoms with van der Waals surface area (Å²) in [5.74, 6) is -1.27. The van der Waals surface area contributed by atoms with E-state index in [9.17, 15) is 14.4 Å². The first-order valence-electron chi connectivity index (χ1n) is 10.6. The minimum Gasteiger partial charge on any atom is -0.469 e. The van der Waals surface area contributed by atoms with Crippen molar-refractivity contribution < 1.29 is 23.9 Å². The average Bonchev–Trinajstić information content (AvgIpc) is 3.11. The zero-order chi connectivity index (χ0) is 24.0. The van der Waals surface area contributed by atoms with Gasteiger partial charge < -0.3 is 14.8 Å². The first kappa shape index (κ1) is 23.7. The van der Waals surface area contributed by atoms with Crippen LogP contribution < -0.4 is 5.32 Å². The largest absolute Gasteiger partial charge is 0.469 e. The first-order valence-corrected chi connectivity index (χ1v) is 10.6. The van der Waals surface area contributed by atoms with E-state index in [-0.39, 0.29) is 12.4 Å². The second kappa shape index (κ2) is 10.6. The summed E-state index contributed by atoms with van der Waals surface area (Å²) in [4.78, 5) is 36.2. The number of hydrogen-bond donors (Lipinski definition) is 1. The van der Waals surface area contributed by atoms with Gasteiger partial charge in [0.25, 0.3) is 5.91 Å². The Morgan fingerprint density at radius 1 is 1.03 bits per heavy atom. The number of aromatic nitrogens is 2. The summed E-state index contributed by atoms with van der Waals surface area (Å²) in [5.41, 5.74) is 4.46. The molecule has 3 aromatic rings. The van der Waals surface area contributed by atoms with Crippen LogP contribution in [-0.4, -0.2) is 40.8 Å². The molecule has 0 fully saturated rings. The summed E-state index contributed by atoms with van der Waals surface area (Å²) in [6.45, 7) is 5.35. The number of methoxy groups -OCH3 is 1. The van der Waals surface area contributed by atoms with Crippen molar-refractivity contribution in [2.45, 2.75) is 39.7 Å². The van der Waals surface area contributed by atoms with Gasteiger partial charge in [-0.1, -0.05) is 18.2 Å². The van der Waals surface area contributed by atoms with Crippen molar-refractivity contribution in [1.29, 1.82) is 0 Å². The van der Waals surface area contributed by atoms with Gasteiger partial charge >= 0.3 is 11.9 Å². The molecule has 172 valence electrons. The van der Waals surface area contributed by atoms with Gasteiger partial charge in [0.1, 0.15) is 0 Å². The zero-order valence-corrected chi connectivity index (χ0v) is 19.1. The highest BCUT2D eigenvalue weighted by atomic mass is 16.5. The molecule has 0 aliphatic rings. The van der Waals surface area contributed by atoms with E-state index in [2.05, 4.69) is 10.4 Å². The maximum Gasteiger partial charge on any atom is 0.338 e. The molecule has 0 aliphatic carbocycles. The molecular weight excluding hydrogens is 422 g/mol. The first-order chi connectivity index (χ1) is 15.8. The molecule has 0 aliphatic heterocycles. The molecule has 1 unspecified atom stereocenters. The van der Waals surface area contributed by atoms with Crippen LogP contribution in [0.4, 0.5) is 5.69 Å². The van der Waals surface area contributed by atoms with E-state index in [1.165, 1.54) is 14.0 Å². The molecule has 1 N–H and O–H groups in total. The van der Waals surface area contributed by atoms with Crippen LogP contribution in [0.2, 0.25) is 0 Å². The Kier molecular flexibility index (Phi) is 7.61. The summed E-state index contributed by atoms with van der Waals surface area (Å²) in [7, 11) is 1.37. The van der Waals surface area contributed by atoms with E-state index < -0.39 is 18.0 Å². The predicted octanol–water partition coefficient (Wildman–Crippen LogP) is 3.78. The number of anilines is 1. The Balaban J connectivity index is 1.65. The van der Waals surface area contributed by atoms with Gasteiger partial charge in [0.2, 0.25) is 0 Å². The summed E-state index contributed by atoms with van der Waals surface area (Å²) in [6.07, 6.45) is -0.131. The van der Waals surface area contributed by atoms with Crippen molar-refractivity contribution in [3.05, 3.63) is 77.1 Å². The summed E-state index contributed by atoms with van der Waals surface area (Å²) in [6, 6.07) is 15.7. The Morgan fingerprint density at radius 2 is 1.70 bits per heavy atom. The molecule has 3 rings (SSSR count). The van der Waals surface area contributed by atoms with Gasteiger partial charge in [-0.25, -0.2) is 9.48 Å². The Bertz CT molecular complexity index is 1140. The summed E-state index contributed by atoms with van der Waals surface area (Å²) in [5, 5.41) is 7.27. The average molecular weight is 450 g/mol. The fourth-order valence-electron chi connectivity index (χ4n) is 3.40. The third kappa shape index (κ3) is 5.85. The van der Waals surface area contributed by atoms with Gasteiger partial charge in [-0.2, -0.15) is 5.10 Å². The number of hydrogen-bond acceptors (Lipinski definition) is 6. The van der Waals surface area contributed by atoms with Crippen molar-refractivity contribution in [3.8, 4) is 5.69 Å². The van der Waals surface area contributed by atoms with E-state index in [0.717, 1.165) is 22.6 Å². The zero-order valence-electron chi connectivity index (χ0n) is 19.1. The van der Waals surface area contributed by atoms with E-state index in [1.807, 2.05) is 19.9 Å². The van der Waals surface area contributed by atoms with Crippen molar-refractivity contribution >= 4 is 23.5 Å². The van der Waals surface area contributed by atoms with Crippen LogP contribution in [0.15, 0.2) is 54.6 Å². The van der Waals surface area contributed by atoms with Crippen LogP contribution in [0.3, 0.4) is 0 Å². The number of amides is 1. The lowest BCUT2D eigenvalue weighted by molar-refractivity contribution is -0.140. The topological polar surface area (TPSA) is 99.5 Å². The Labute approximate surface area is 192 Å². The third-order valence-corrected chi connectivity index (χ3v) is 5.29. The van der Waals surface area contributed by atoms with Gasteiger partial charge in [-0.15, -0.1) is 0 Å². The number of rotatable bonds is 8. The van der Waals surface area contributed by atoms with Gasteiger partial charge in [0.15, 0.2) is 6.10 Å². The number of carbonyl (C=O) groups excluding carboxylic acids is 3. The van der Waals surface area contributed by atoms with Gasteiger partial charge in [-0.05, 0) is 69.2 Å². The molecule has 0 bridgehead atoms. The van der Waals surface area contributed by atoms with Crippen LogP contribution >= 0.6 is 0 Å². The van der Waals surface area contributed by atoms with Crippen molar-refractivity contribution in [3.63, 3.8) is 0 Å². The fraction of sp³-hybridized carbons (Fsp3) is 0.280. The molecule has 0 spiro atoms. The summed E-state index contributed by atoms with van der Waals surface area (Å²) >= 11 is 0. The van der Waals surface area contributed by atoms with E-state index >= 15 is 0 Å². The van der Waals surface area contributed by atoms with Crippen LogP contribution in [-0.2, 0) is 25.5 Å². The number of carbonyl (C=O) groups is 3. The number of aryl methyl sites for hydroxylation is 1. The van der Waals surface area contributed by atoms with E-state index in [1.54, 1.807) is 53.2 Å². The molecule has 1 heterocycles. The van der Waals surface area contributed by atoms with Gasteiger partial charge in [0, 0.05) is 17.8 Å². The Morgan fingerprint density at radius 3 is 2.33 bits per heavy atom. The Hall–Kier alpha value is -3.94. The minimum atomic E-state index is -0.953. The number of benzene rings is 2. The minimum absolute atomic E-state index is 0.268. The SMILES string of the molecule is COC(=O)CCc1c(C)nn(-c2ccc(C(=O)OC(C)C(=O)Nc3ccccc3)cc2)c1C. The maximum atomic E-state index is 12.5. The lowest BCUT2D eigenvalue weighted by Crippen LogP contribution is -2.30. The highest BCUT2D eigenvalue weighted by Gasteiger charge is 2.20. The standard InChI is InChI=1S/C25H27N3O5/c1-16-22(14-15-23(29)32-4)17(2)28(27-16)21-12-10-19(11-13-21)25(31)33-18(3)24(30)26-20-8-6-5-7-9-20/h5-13,18H,14-15H2,1-4H3,(H,26,30). The van der Waals surface area contributed by atoms with Crippen molar-refractivity contribution in [1.82, 2.24) is 9.78 Å². The lowest BCUT2D eigenvalue weighted by Gasteiger charge is -2.14. The van der Waals surface area contributed by atoms with E-state index in [4.69, 9.17) is 9.47 Å². The highest BCUT2D eigenvalue weighted by Crippen LogP contribution is 2.20. The second-order valence-corrected chi connectivity index (χ2v) is 7.59. The molecular formula is C25H27N3O5. The predicted molar refractivity (Wildman–Crippen MR) is 123 cm³/mol. The summed E-state index contributed by atoms with van der Waals surface area (Å²) < 4.78 is 11.8. The van der Waals surface area contributed by atoms with Crippen LogP contribution in [0.1, 0.15) is 40.7 Å². The van der Waals surface area contributed by atoms with Crippen molar-refractivity contribution in [2.24, 2.45) is 0 Å². The molecule has 1 atom stereocenters. The lowest BCUT2D eigenvalue weighted by atomic mass is 10.1. The number of nitrogens with one attached hydrogen (secondary N) is 1.